The van der Waals surface area contributed by atoms with E-state index in [1.165, 1.54) is 0 Å². The van der Waals surface area contributed by atoms with E-state index in [2.05, 4.69) is 5.10 Å². The van der Waals surface area contributed by atoms with Gasteiger partial charge in [0.05, 0.1) is 0 Å². The fraction of sp³-hybridized carbons (Fsp3) is 0.600. The van der Waals surface area contributed by atoms with Crippen molar-refractivity contribution in [1.29, 1.82) is 0 Å². The van der Waals surface area contributed by atoms with Gasteiger partial charge in [-0.3, -0.25) is 9.48 Å². The van der Waals surface area contributed by atoms with E-state index in [0.29, 0.717) is 18.8 Å². The summed E-state index contributed by atoms with van der Waals surface area (Å²) in [5, 5.41) is 3.98. The minimum Gasteiger partial charge on any atom is -0.336 e. The smallest absolute Gasteiger partial charge is 0.272 e. The topological polar surface area (TPSA) is 64.2 Å². The molecule has 1 aromatic heterocycles. The number of aryl methyl sites for hydroxylation is 1. The lowest BCUT2D eigenvalue weighted by Gasteiger charge is -2.21. The first-order chi connectivity index (χ1) is 7.20. The molecule has 1 heterocycles. The third kappa shape index (κ3) is 2.79. The molecular formula is C10H18N4O. The van der Waals surface area contributed by atoms with Gasteiger partial charge in [-0.05, 0) is 12.5 Å². The largest absolute Gasteiger partial charge is 0.336 e. The number of carbonyl (C=O) groups is 1. The van der Waals surface area contributed by atoms with E-state index in [4.69, 9.17) is 5.73 Å². The maximum atomic E-state index is 12.0. The van der Waals surface area contributed by atoms with E-state index in [9.17, 15) is 4.79 Å². The molecule has 0 unspecified atom stereocenters. The Morgan fingerprint density at radius 3 is 2.80 bits per heavy atom. The van der Waals surface area contributed by atoms with Crippen LogP contribution in [0.4, 0.5) is 0 Å². The van der Waals surface area contributed by atoms with Gasteiger partial charge in [0.1, 0.15) is 5.69 Å². The zero-order valence-corrected chi connectivity index (χ0v) is 9.31. The fourth-order valence-corrected chi connectivity index (χ4v) is 1.49. The van der Waals surface area contributed by atoms with Crippen LogP contribution >= 0.6 is 0 Å². The Morgan fingerprint density at radius 1 is 1.60 bits per heavy atom. The van der Waals surface area contributed by atoms with Crippen molar-refractivity contribution in [3.05, 3.63) is 18.0 Å². The summed E-state index contributed by atoms with van der Waals surface area (Å²) >= 11 is 0. The molecular weight excluding hydrogens is 192 g/mol. The summed E-state index contributed by atoms with van der Waals surface area (Å²) in [6.45, 7) is 3.86. The van der Waals surface area contributed by atoms with Gasteiger partial charge in [-0.1, -0.05) is 6.92 Å². The Balaban J connectivity index is 2.76. The summed E-state index contributed by atoms with van der Waals surface area (Å²) in [6, 6.07) is 1.72. The third-order valence-corrected chi connectivity index (χ3v) is 2.22. The lowest BCUT2D eigenvalue weighted by Crippen LogP contribution is -2.36. The van der Waals surface area contributed by atoms with E-state index in [0.717, 1.165) is 13.0 Å². The highest BCUT2D eigenvalue weighted by Gasteiger charge is 2.16. The van der Waals surface area contributed by atoms with Gasteiger partial charge in [-0.2, -0.15) is 5.10 Å². The molecule has 1 rings (SSSR count). The minimum absolute atomic E-state index is 0.00213. The number of aromatic nitrogens is 2. The zero-order chi connectivity index (χ0) is 11.3. The van der Waals surface area contributed by atoms with Crippen LogP contribution in [0, 0.1) is 0 Å². The number of amides is 1. The third-order valence-electron chi connectivity index (χ3n) is 2.22. The van der Waals surface area contributed by atoms with Crippen LogP contribution in [0.5, 0.6) is 0 Å². The second-order valence-electron chi connectivity index (χ2n) is 3.42. The van der Waals surface area contributed by atoms with E-state index in [-0.39, 0.29) is 5.91 Å². The molecule has 0 spiro atoms. The molecule has 1 aromatic rings. The Kier molecular flexibility index (Phi) is 4.30. The minimum atomic E-state index is 0.00213. The first kappa shape index (κ1) is 11.7. The standard InChI is InChI=1S/C10H18N4O/c1-3-7-14(8-5-11)10(15)9-4-6-12-13(9)2/h4,6H,3,5,7-8,11H2,1-2H3. The number of hydrogen-bond donors (Lipinski definition) is 1. The number of carbonyl (C=O) groups excluding carboxylic acids is 1. The second kappa shape index (κ2) is 5.50. The Bertz CT molecular complexity index is 315. The van der Waals surface area contributed by atoms with Crippen LogP contribution in [-0.2, 0) is 7.05 Å². The molecule has 0 aliphatic heterocycles. The molecule has 84 valence electrons. The monoisotopic (exact) mass is 210 g/mol. The summed E-state index contributed by atoms with van der Waals surface area (Å²) in [6.07, 6.45) is 2.56. The van der Waals surface area contributed by atoms with Crippen LogP contribution in [0.25, 0.3) is 0 Å². The average Bonchev–Trinajstić information content (AvgIpc) is 2.63. The molecule has 5 heteroatoms. The molecule has 2 N–H and O–H groups in total. The van der Waals surface area contributed by atoms with Gasteiger partial charge in [0.15, 0.2) is 0 Å². The van der Waals surface area contributed by atoms with Crippen molar-refractivity contribution in [2.24, 2.45) is 12.8 Å². The van der Waals surface area contributed by atoms with Crippen molar-refractivity contribution in [3.63, 3.8) is 0 Å². The number of rotatable bonds is 5. The molecule has 0 aliphatic carbocycles. The maximum Gasteiger partial charge on any atom is 0.272 e. The number of nitrogens with zero attached hydrogens (tertiary/aromatic N) is 3. The van der Waals surface area contributed by atoms with Crippen LogP contribution in [-0.4, -0.2) is 40.2 Å². The van der Waals surface area contributed by atoms with E-state index in [1.54, 1.807) is 28.9 Å². The summed E-state index contributed by atoms with van der Waals surface area (Å²) < 4.78 is 1.58. The van der Waals surface area contributed by atoms with E-state index >= 15 is 0 Å². The second-order valence-corrected chi connectivity index (χ2v) is 3.42. The molecule has 0 aliphatic rings. The lowest BCUT2D eigenvalue weighted by atomic mass is 10.3. The quantitative estimate of drug-likeness (QED) is 0.756. The molecule has 0 bridgehead atoms. The summed E-state index contributed by atoms with van der Waals surface area (Å²) in [4.78, 5) is 13.8. The maximum absolute atomic E-state index is 12.0. The molecule has 0 fully saturated rings. The average molecular weight is 210 g/mol. The summed E-state index contributed by atoms with van der Waals surface area (Å²) in [7, 11) is 1.76. The molecule has 0 atom stereocenters. The molecule has 0 radical (unpaired) electrons. The highest BCUT2D eigenvalue weighted by Crippen LogP contribution is 2.03. The van der Waals surface area contributed by atoms with Crippen molar-refractivity contribution in [2.45, 2.75) is 13.3 Å². The Hall–Kier alpha value is -1.36. The van der Waals surface area contributed by atoms with Gasteiger partial charge in [-0.25, -0.2) is 0 Å². The fourth-order valence-electron chi connectivity index (χ4n) is 1.49. The lowest BCUT2D eigenvalue weighted by molar-refractivity contribution is 0.0749. The van der Waals surface area contributed by atoms with Crippen LogP contribution < -0.4 is 5.73 Å². The molecule has 0 saturated carbocycles. The summed E-state index contributed by atoms with van der Waals surface area (Å²) in [5.74, 6) is 0.00213. The molecule has 1 amide bonds. The van der Waals surface area contributed by atoms with Crippen molar-refractivity contribution < 1.29 is 4.79 Å². The van der Waals surface area contributed by atoms with E-state index < -0.39 is 0 Å². The SMILES string of the molecule is CCCN(CCN)C(=O)c1ccnn1C. The molecule has 5 nitrogen and oxygen atoms in total. The van der Waals surface area contributed by atoms with Gasteiger partial charge < -0.3 is 10.6 Å². The predicted octanol–water partition coefficient (Wildman–Crippen LogP) is 0.231. The first-order valence-corrected chi connectivity index (χ1v) is 5.18. The van der Waals surface area contributed by atoms with Crippen molar-refractivity contribution in [1.82, 2.24) is 14.7 Å². The predicted molar refractivity (Wildman–Crippen MR) is 58.5 cm³/mol. The Morgan fingerprint density at radius 2 is 2.33 bits per heavy atom. The molecule has 0 aromatic carbocycles. The molecule has 0 saturated heterocycles. The van der Waals surface area contributed by atoms with Crippen molar-refractivity contribution in [2.75, 3.05) is 19.6 Å². The van der Waals surface area contributed by atoms with E-state index in [1.807, 2.05) is 6.92 Å². The van der Waals surface area contributed by atoms with Crippen LogP contribution in [0.1, 0.15) is 23.8 Å². The van der Waals surface area contributed by atoms with Crippen molar-refractivity contribution >= 4 is 5.91 Å². The molecule has 15 heavy (non-hydrogen) atoms. The van der Waals surface area contributed by atoms with Gasteiger partial charge in [-0.15, -0.1) is 0 Å². The zero-order valence-electron chi connectivity index (χ0n) is 9.31. The highest BCUT2D eigenvalue weighted by atomic mass is 16.2. The summed E-state index contributed by atoms with van der Waals surface area (Å²) in [5.41, 5.74) is 6.08. The van der Waals surface area contributed by atoms with Gasteiger partial charge in [0.25, 0.3) is 5.91 Å². The Labute approximate surface area is 89.9 Å². The van der Waals surface area contributed by atoms with Crippen LogP contribution in [0.2, 0.25) is 0 Å². The van der Waals surface area contributed by atoms with Crippen molar-refractivity contribution in [3.8, 4) is 0 Å². The normalized spacial score (nSPS) is 10.3. The number of hydrogen-bond acceptors (Lipinski definition) is 3. The van der Waals surface area contributed by atoms with Crippen LogP contribution in [0.3, 0.4) is 0 Å². The first-order valence-electron chi connectivity index (χ1n) is 5.18. The van der Waals surface area contributed by atoms with Crippen LogP contribution in [0.15, 0.2) is 12.3 Å². The van der Waals surface area contributed by atoms with Gasteiger partial charge in [0.2, 0.25) is 0 Å². The number of nitrogens with two attached hydrogens (primary N) is 1. The van der Waals surface area contributed by atoms with Gasteiger partial charge >= 0.3 is 0 Å². The highest BCUT2D eigenvalue weighted by molar-refractivity contribution is 5.92. The van der Waals surface area contributed by atoms with Gasteiger partial charge in [0, 0.05) is 32.9 Å².